The van der Waals surface area contributed by atoms with Gasteiger partial charge in [-0.25, -0.2) is 4.98 Å². The summed E-state index contributed by atoms with van der Waals surface area (Å²) in [5.74, 6) is 0.882. The minimum Gasteiger partial charge on any atom is -0.0602 e. The number of furan rings is 1. The van der Waals surface area contributed by atoms with Gasteiger partial charge < -0.3 is 8.98 Å². The number of aromatic nitrogens is 3. The number of hydrogen-bond donors (Lipinski definition) is 0. The average Bonchev–Trinajstić information content (AvgIpc) is 4.21. The van der Waals surface area contributed by atoms with E-state index in [1.165, 1.54) is 56.1 Å². The van der Waals surface area contributed by atoms with Gasteiger partial charge in [-0.15, -0.1) is 0 Å². The van der Waals surface area contributed by atoms with E-state index in [0.29, 0.717) is 0 Å². The molecule has 11 aromatic carbocycles. The summed E-state index contributed by atoms with van der Waals surface area (Å²) < 4.78 is 16.7. The molecule has 0 spiro atoms. The normalized spacial score (nSPS) is 11.8. The number of para-hydroxylation sites is 2. The monoisotopic (exact) mass is 1010 g/mol. The van der Waals surface area contributed by atoms with Crippen molar-refractivity contribution in [2.75, 3.05) is 0 Å². The van der Waals surface area contributed by atoms with Crippen molar-refractivity contribution in [3.63, 3.8) is 0 Å². The van der Waals surface area contributed by atoms with Crippen molar-refractivity contribution in [2.45, 2.75) is 0 Å². The molecule has 0 unspecified atom stereocenters. The van der Waals surface area contributed by atoms with Crippen LogP contribution in [0.1, 0.15) is 0 Å². The molecular weight excluding hydrogens is 959 g/mol. The predicted octanol–water partition coefficient (Wildman–Crippen LogP) is 14.9. The number of fused-ring (bicyclic) bond motifs is 6. The smallest absolute Gasteiger partial charge is 0.0602 e. The molecule has 0 N–H and O–H groups in total. The van der Waals surface area contributed by atoms with Crippen molar-refractivity contribution in [1.29, 1.82) is 0 Å². The summed E-state index contributed by atoms with van der Waals surface area (Å²) in [5, 5.41) is 4.54. The second-order valence-corrected chi connectivity index (χ2v) is 27.1. The Bertz CT molecular complexity index is 4270. The van der Waals surface area contributed by atoms with Gasteiger partial charge in [0.25, 0.3) is 0 Å². The summed E-state index contributed by atoms with van der Waals surface area (Å²) in [6.07, 6.45) is 3.94. The van der Waals surface area contributed by atoms with Crippen molar-refractivity contribution in [2.24, 2.45) is 0 Å². The Hall–Kier alpha value is -9.23. The summed E-state index contributed by atoms with van der Waals surface area (Å²) in [4.78, 5) is 4.94. The molecule has 0 aliphatic heterocycles. The van der Waals surface area contributed by atoms with Crippen LogP contribution in [0.25, 0.3) is 99.9 Å². The van der Waals surface area contributed by atoms with Gasteiger partial charge in [-0.2, -0.15) is 0 Å². The second-order valence-electron chi connectivity index (χ2n) is 19.1. The van der Waals surface area contributed by atoms with Gasteiger partial charge in [0.05, 0.1) is 11.0 Å². The van der Waals surface area contributed by atoms with Crippen molar-refractivity contribution < 1.29 is 4.42 Å². The molecule has 0 radical (unpaired) electrons. The Morgan fingerprint density at radius 2 is 0.784 bits per heavy atom. The number of hydrogen-bond acceptors (Lipinski definition) is 2. The number of rotatable bonds is 10. The van der Waals surface area contributed by atoms with Gasteiger partial charge in [0.2, 0.25) is 0 Å². The molecule has 0 aliphatic rings. The molecule has 5 heteroatoms. The molecule has 348 valence electrons. The molecule has 0 amide bonds. The first-order valence-corrected chi connectivity index (χ1v) is 29.4. The van der Waals surface area contributed by atoms with Crippen LogP contribution in [0.5, 0.6) is 0 Å². The molecule has 0 fully saturated rings. The summed E-state index contributed by atoms with van der Waals surface area (Å²) >= 11 is -3.45. The van der Waals surface area contributed by atoms with Crippen LogP contribution >= 0.6 is 0 Å². The Labute approximate surface area is 432 Å². The molecule has 74 heavy (non-hydrogen) atoms. The Kier molecular flexibility index (Phi) is 10.7. The van der Waals surface area contributed by atoms with E-state index < -0.39 is 13.3 Å². The van der Waals surface area contributed by atoms with Gasteiger partial charge in [-0.3, -0.25) is 4.57 Å². The van der Waals surface area contributed by atoms with Gasteiger partial charge in [0.1, 0.15) is 17.0 Å². The van der Waals surface area contributed by atoms with Crippen LogP contribution in [-0.2, 0) is 0 Å². The first-order valence-electron chi connectivity index (χ1n) is 25.2. The SMILES string of the molecule is c1ccc(-n2c3ccccc3c3cc(-c4nccn4-c4ccc5oc6ccc(-c7cccc(-c8cccc(-c9ccc[c]([Ge]([c]%10ccccc%10)([c]%10ccccc%10)[c]%10ccccc%10)c9)c8)c7)cc6c5c4)ccc32)cc1. The predicted molar refractivity (Wildman–Crippen MR) is 311 cm³/mol. The van der Waals surface area contributed by atoms with E-state index in [2.05, 4.69) is 288 Å². The maximum absolute atomic E-state index is 6.49. The van der Waals surface area contributed by atoms with E-state index in [0.717, 1.165) is 61.3 Å². The van der Waals surface area contributed by atoms with E-state index in [1.54, 1.807) is 0 Å². The topological polar surface area (TPSA) is 35.9 Å². The van der Waals surface area contributed by atoms with Crippen molar-refractivity contribution in [1.82, 2.24) is 14.1 Å². The first kappa shape index (κ1) is 43.6. The van der Waals surface area contributed by atoms with E-state index in [-0.39, 0.29) is 0 Å². The van der Waals surface area contributed by atoms with Crippen LogP contribution in [0.15, 0.2) is 290 Å². The Balaban J connectivity index is 0.803. The first-order chi connectivity index (χ1) is 36.7. The van der Waals surface area contributed by atoms with Crippen molar-refractivity contribution in [3.05, 3.63) is 285 Å². The third-order valence-corrected chi connectivity index (χ3v) is 25.0. The van der Waals surface area contributed by atoms with Crippen LogP contribution in [0.2, 0.25) is 0 Å². The number of benzene rings is 11. The van der Waals surface area contributed by atoms with Gasteiger partial charge in [-0.05, 0) is 54.6 Å². The molecule has 0 saturated heterocycles. The van der Waals surface area contributed by atoms with E-state index in [9.17, 15) is 0 Å². The van der Waals surface area contributed by atoms with Crippen LogP contribution in [0, 0.1) is 0 Å². The molecule has 0 bridgehead atoms. The summed E-state index contributed by atoms with van der Waals surface area (Å²) in [5.41, 5.74) is 14.3. The summed E-state index contributed by atoms with van der Waals surface area (Å²) in [6, 6.07) is 99.9. The number of imidazole rings is 1. The molecule has 0 atom stereocenters. The summed E-state index contributed by atoms with van der Waals surface area (Å²) in [6.45, 7) is 0. The molecule has 3 heterocycles. The molecule has 0 saturated carbocycles. The fraction of sp³-hybridized carbons (Fsp3) is 0. The van der Waals surface area contributed by atoms with E-state index in [4.69, 9.17) is 9.40 Å². The fourth-order valence-electron chi connectivity index (χ4n) is 11.5. The molecule has 14 rings (SSSR count). The van der Waals surface area contributed by atoms with Gasteiger partial charge in [-0.1, -0.05) is 36.4 Å². The second kappa shape index (κ2) is 18.1. The minimum atomic E-state index is -3.45. The zero-order valence-electron chi connectivity index (χ0n) is 40.4. The third kappa shape index (κ3) is 7.33. The average molecular weight is 1010 g/mol. The van der Waals surface area contributed by atoms with Crippen LogP contribution < -0.4 is 17.6 Å². The Morgan fingerprint density at radius 3 is 1.42 bits per heavy atom. The molecule has 4 nitrogen and oxygen atoms in total. The molecule has 3 aromatic heterocycles. The van der Waals surface area contributed by atoms with Gasteiger partial charge in [0, 0.05) is 45.5 Å². The molecule has 0 aliphatic carbocycles. The number of nitrogens with zero attached hydrogens (tertiary/aromatic N) is 3. The van der Waals surface area contributed by atoms with E-state index in [1.807, 2.05) is 6.20 Å². The van der Waals surface area contributed by atoms with Crippen LogP contribution in [0.4, 0.5) is 0 Å². The Morgan fingerprint density at radius 1 is 0.311 bits per heavy atom. The van der Waals surface area contributed by atoms with Crippen molar-refractivity contribution >= 4 is 74.6 Å². The summed E-state index contributed by atoms with van der Waals surface area (Å²) in [7, 11) is 0. The van der Waals surface area contributed by atoms with Crippen LogP contribution in [-0.4, -0.2) is 27.4 Å². The zero-order valence-corrected chi connectivity index (χ0v) is 42.5. The molecule has 14 aromatic rings. The molecular formula is C69H47GeN3O. The fourth-order valence-corrected chi connectivity index (χ4v) is 21.6. The van der Waals surface area contributed by atoms with Gasteiger partial charge in [0.15, 0.2) is 0 Å². The standard InChI is InChI=1S/C69H47GeN3O/c1-5-23-55(24-6-1)70(56-25-7-2-8-26-56,57-27-9-3-10-28-57)58-29-17-22-52(44-58)50-20-15-18-48(42-50)49-19-16-21-51(43-49)53-35-38-67-63(45-53)64-47-60(36-39-68(64)74-67)72-41-40-71-69(72)54-34-37-66-62(46-54)61-32-13-14-33-65(61)73(66)59-30-11-4-12-31-59/h1-47H. The van der Waals surface area contributed by atoms with Gasteiger partial charge >= 0.3 is 252 Å². The minimum absolute atomic E-state index is 0.851. The van der Waals surface area contributed by atoms with Crippen LogP contribution in [0.3, 0.4) is 0 Å². The maximum atomic E-state index is 6.49. The third-order valence-electron chi connectivity index (χ3n) is 15.0. The van der Waals surface area contributed by atoms with Crippen molar-refractivity contribution in [3.8, 4) is 56.1 Å². The van der Waals surface area contributed by atoms with E-state index >= 15 is 0 Å². The zero-order chi connectivity index (χ0) is 49.0. The quantitative estimate of drug-likeness (QED) is 0.128.